The molecule has 1 aliphatic heterocycles. The van der Waals surface area contributed by atoms with Gasteiger partial charge in [-0.25, -0.2) is 0 Å². The van der Waals surface area contributed by atoms with Crippen LogP contribution in [0.15, 0.2) is 36.9 Å². The van der Waals surface area contributed by atoms with Crippen LogP contribution in [0.3, 0.4) is 0 Å². The summed E-state index contributed by atoms with van der Waals surface area (Å²) in [5.41, 5.74) is 1.04. The van der Waals surface area contributed by atoms with E-state index in [1.165, 1.54) is 6.08 Å². The molecule has 2 aliphatic rings. The summed E-state index contributed by atoms with van der Waals surface area (Å²) in [5.74, 6) is -0.558. The van der Waals surface area contributed by atoms with E-state index in [1.54, 1.807) is 24.3 Å². The first kappa shape index (κ1) is 15.3. The van der Waals surface area contributed by atoms with Crippen LogP contribution in [0, 0.1) is 0 Å². The van der Waals surface area contributed by atoms with Crippen molar-refractivity contribution in [3.8, 4) is 0 Å². The van der Waals surface area contributed by atoms with Gasteiger partial charge in [-0.05, 0) is 49.6 Å². The van der Waals surface area contributed by atoms with E-state index in [9.17, 15) is 14.4 Å². The summed E-state index contributed by atoms with van der Waals surface area (Å²) in [6.45, 7) is 4.10. The summed E-state index contributed by atoms with van der Waals surface area (Å²) in [7, 11) is 0. The van der Waals surface area contributed by atoms with E-state index in [2.05, 4.69) is 17.2 Å². The molecule has 3 amide bonds. The molecule has 0 spiro atoms. The van der Waals surface area contributed by atoms with E-state index >= 15 is 0 Å². The van der Waals surface area contributed by atoms with Gasteiger partial charge in [0.05, 0.1) is 0 Å². The SMILES string of the molecule is C=CC(=O)Nc1ccc(C(=O)NC2CCN(C3CC3)C2=O)cc1. The number of carbonyl (C=O) groups is 3. The zero-order valence-corrected chi connectivity index (χ0v) is 12.7. The molecule has 0 aromatic heterocycles. The smallest absolute Gasteiger partial charge is 0.251 e. The fraction of sp³-hybridized carbons (Fsp3) is 0.353. The molecule has 1 aliphatic carbocycles. The van der Waals surface area contributed by atoms with Gasteiger partial charge >= 0.3 is 0 Å². The number of carbonyl (C=O) groups excluding carboxylic acids is 3. The minimum Gasteiger partial charge on any atom is -0.340 e. The van der Waals surface area contributed by atoms with Gasteiger partial charge in [0.25, 0.3) is 5.91 Å². The number of hydrogen-bond donors (Lipinski definition) is 2. The van der Waals surface area contributed by atoms with E-state index < -0.39 is 6.04 Å². The van der Waals surface area contributed by atoms with Crippen LogP contribution in [0.4, 0.5) is 5.69 Å². The first-order valence-electron chi connectivity index (χ1n) is 7.73. The Labute approximate surface area is 134 Å². The molecule has 1 saturated heterocycles. The van der Waals surface area contributed by atoms with Crippen molar-refractivity contribution >= 4 is 23.4 Å². The topological polar surface area (TPSA) is 78.5 Å². The van der Waals surface area contributed by atoms with Gasteiger partial charge in [0.15, 0.2) is 0 Å². The molecular formula is C17H19N3O3. The Morgan fingerprint density at radius 1 is 1.17 bits per heavy atom. The number of hydrogen-bond acceptors (Lipinski definition) is 3. The van der Waals surface area contributed by atoms with Crippen LogP contribution in [-0.2, 0) is 9.59 Å². The Kier molecular flexibility index (Phi) is 4.14. The number of likely N-dealkylation sites (tertiary alicyclic amines) is 1. The second kappa shape index (κ2) is 6.24. The van der Waals surface area contributed by atoms with Crippen LogP contribution in [0.25, 0.3) is 0 Å². The second-order valence-corrected chi connectivity index (χ2v) is 5.85. The van der Waals surface area contributed by atoms with E-state index in [0.717, 1.165) is 19.4 Å². The fourth-order valence-corrected chi connectivity index (χ4v) is 2.72. The van der Waals surface area contributed by atoms with Gasteiger partial charge in [-0.3, -0.25) is 14.4 Å². The molecular weight excluding hydrogens is 294 g/mol. The predicted molar refractivity (Wildman–Crippen MR) is 85.9 cm³/mol. The maximum absolute atomic E-state index is 12.2. The van der Waals surface area contributed by atoms with Crippen molar-refractivity contribution in [3.05, 3.63) is 42.5 Å². The van der Waals surface area contributed by atoms with Crippen molar-refractivity contribution in [1.29, 1.82) is 0 Å². The molecule has 0 bridgehead atoms. The largest absolute Gasteiger partial charge is 0.340 e. The van der Waals surface area contributed by atoms with Crippen LogP contribution in [0.1, 0.15) is 29.6 Å². The molecule has 1 heterocycles. The zero-order valence-electron chi connectivity index (χ0n) is 12.7. The first-order chi connectivity index (χ1) is 11.1. The second-order valence-electron chi connectivity index (χ2n) is 5.85. The summed E-state index contributed by atoms with van der Waals surface area (Å²) in [6, 6.07) is 6.48. The third-order valence-corrected chi connectivity index (χ3v) is 4.13. The van der Waals surface area contributed by atoms with Crippen LogP contribution in [0.5, 0.6) is 0 Å². The van der Waals surface area contributed by atoms with Crippen molar-refractivity contribution in [2.75, 3.05) is 11.9 Å². The Balaban J connectivity index is 1.59. The van der Waals surface area contributed by atoms with Crippen molar-refractivity contribution in [2.45, 2.75) is 31.3 Å². The molecule has 6 heteroatoms. The molecule has 0 radical (unpaired) electrons. The van der Waals surface area contributed by atoms with Crippen LogP contribution >= 0.6 is 0 Å². The zero-order chi connectivity index (χ0) is 16.4. The van der Waals surface area contributed by atoms with Crippen LogP contribution in [-0.4, -0.2) is 41.2 Å². The molecule has 23 heavy (non-hydrogen) atoms. The van der Waals surface area contributed by atoms with Gasteiger partial charge in [0.2, 0.25) is 11.8 Å². The summed E-state index contributed by atoms with van der Waals surface area (Å²) in [6.07, 6.45) is 3.99. The minimum atomic E-state index is -0.428. The van der Waals surface area contributed by atoms with Gasteiger partial charge in [0, 0.05) is 23.8 Å². The molecule has 3 rings (SSSR count). The Morgan fingerprint density at radius 3 is 2.48 bits per heavy atom. The lowest BCUT2D eigenvalue weighted by molar-refractivity contribution is -0.129. The molecule has 1 saturated carbocycles. The number of nitrogens with zero attached hydrogens (tertiary/aromatic N) is 1. The maximum atomic E-state index is 12.2. The lowest BCUT2D eigenvalue weighted by atomic mass is 10.1. The minimum absolute atomic E-state index is 0.0238. The highest BCUT2D eigenvalue weighted by molar-refractivity contribution is 6.00. The number of amides is 3. The summed E-state index contributed by atoms with van der Waals surface area (Å²) < 4.78 is 0. The maximum Gasteiger partial charge on any atom is 0.251 e. The first-order valence-corrected chi connectivity index (χ1v) is 7.73. The lowest BCUT2D eigenvalue weighted by Gasteiger charge is -2.16. The number of benzene rings is 1. The summed E-state index contributed by atoms with van der Waals surface area (Å²) >= 11 is 0. The van der Waals surface area contributed by atoms with E-state index in [4.69, 9.17) is 0 Å². The van der Waals surface area contributed by atoms with Crippen molar-refractivity contribution in [3.63, 3.8) is 0 Å². The highest BCUT2D eigenvalue weighted by Gasteiger charge is 2.40. The molecule has 2 N–H and O–H groups in total. The molecule has 1 aromatic carbocycles. The van der Waals surface area contributed by atoms with Crippen LogP contribution in [0.2, 0.25) is 0 Å². The Hall–Kier alpha value is -2.63. The van der Waals surface area contributed by atoms with Gasteiger partial charge < -0.3 is 15.5 Å². The van der Waals surface area contributed by atoms with E-state index in [-0.39, 0.29) is 17.7 Å². The standard InChI is InChI=1S/C17H19N3O3/c1-2-15(21)18-12-5-3-11(4-6-12)16(22)19-14-9-10-20(17(14)23)13-7-8-13/h2-6,13-14H,1,7-10H2,(H,18,21)(H,19,22). The van der Waals surface area contributed by atoms with Crippen LogP contribution < -0.4 is 10.6 Å². The third-order valence-electron chi connectivity index (χ3n) is 4.13. The normalized spacial score (nSPS) is 20.3. The Morgan fingerprint density at radius 2 is 1.87 bits per heavy atom. The van der Waals surface area contributed by atoms with Crippen molar-refractivity contribution < 1.29 is 14.4 Å². The number of nitrogens with one attached hydrogen (secondary N) is 2. The van der Waals surface area contributed by atoms with Gasteiger partial charge in [0.1, 0.15) is 6.04 Å². The van der Waals surface area contributed by atoms with Crippen molar-refractivity contribution in [1.82, 2.24) is 10.2 Å². The predicted octanol–water partition coefficient (Wildman–Crippen LogP) is 1.30. The molecule has 1 atom stereocenters. The third kappa shape index (κ3) is 3.41. The molecule has 1 aromatic rings. The van der Waals surface area contributed by atoms with Gasteiger partial charge in [-0.2, -0.15) is 0 Å². The highest BCUT2D eigenvalue weighted by atomic mass is 16.2. The van der Waals surface area contributed by atoms with Crippen molar-refractivity contribution in [2.24, 2.45) is 0 Å². The molecule has 1 unspecified atom stereocenters. The molecule has 120 valence electrons. The number of rotatable bonds is 5. The fourth-order valence-electron chi connectivity index (χ4n) is 2.72. The summed E-state index contributed by atoms with van der Waals surface area (Å²) in [5, 5.41) is 5.41. The monoisotopic (exact) mass is 313 g/mol. The lowest BCUT2D eigenvalue weighted by Crippen LogP contribution is -2.42. The Bertz CT molecular complexity index is 650. The number of anilines is 1. The molecule has 6 nitrogen and oxygen atoms in total. The quantitative estimate of drug-likeness (QED) is 0.804. The molecule has 2 fully saturated rings. The summed E-state index contributed by atoms with van der Waals surface area (Å²) in [4.78, 5) is 37.5. The van der Waals surface area contributed by atoms with Gasteiger partial charge in [-0.15, -0.1) is 0 Å². The van der Waals surface area contributed by atoms with Gasteiger partial charge in [-0.1, -0.05) is 6.58 Å². The average molecular weight is 313 g/mol. The van der Waals surface area contributed by atoms with E-state index in [0.29, 0.717) is 23.7 Å². The average Bonchev–Trinajstić information content (AvgIpc) is 3.33. The highest BCUT2D eigenvalue weighted by Crippen LogP contribution is 2.30. The van der Waals surface area contributed by atoms with E-state index in [1.807, 2.05) is 4.90 Å².